The summed E-state index contributed by atoms with van der Waals surface area (Å²) in [6, 6.07) is 7.19. The van der Waals surface area contributed by atoms with Gasteiger partial charge >= 0.3 is 0 Å². The van der Waals surface area contributed by atoms with E-state index in [0.717, 1.165) is 12.8 Å². The number of hydrogen-bond donors (Lipinski definition) is 1. The zero-order chi connectivity index (χ0) is 17.8. The van der Waals surface area contributed by atoms with Crippen LogP contribution in [-0.2, 0) is 14.3 Å². The SMILES string of the molecule is CC[C@@]12CCC(=O)N3c4ccccc4C(=O)[C@]31O[C@H](NC(C)=O)CC2.O. The maximum atomic E-state index is 13.5. The van der Waals surface area contributed by atoms with Gasteiger partial charge in [-0.2, -0.15) is 0 Å². The van der Waals surface area contributed by atoms with Crippen molar-refractivity contribution in [3.63, 3.8) is 0 Å². The molecule has 2 fully saturated rings. The second-order valence-electron chi connectivity index (χ2n) is 7.20. The van der Waals surface area contributed by atoms with E-state index in [0.29, 0.717) is 30.5 Å². The minimum atomic E-state index is -1.34. The van der Waals surface area contributed by atoms with Crippen LogP contribution in [0.2, 0.25) is 0 Å². The molecule has 3 aliphatic heterocycles. The molecule has 0 bridgehead atoms. The third kappa shape index (κ3) is 2.17. The van der Waals surface area contributed by atoms with E-state index in [1.807, 2.05) is 13.0 Å². The number of para-hydroxylation sites is 1. The molecule has 1 spiro atoms. The lowest BCUT2D eigenvalue weighted by molar-refractivity contribution is -0.200. The Balaban J connectivity index is 0.00000196. The highest BCUT2D eigenvalue weighted by Gasteiger charge is 2.70. The summed E-state index contributed by atoms with van der Waals surface area (Å²) in [6.45, 7) is 3.48. The van der Waals surface area contributed by atoms with Gasteiger partial charge in [0.25, 0.3) is 0 Å². The van der Waals surface area contributed by atoms with Crippen molar-refractivity contribution in [2.24, 2.45) is 5.41 Å². The molecule has 3 heterocycles. The number of rotatable bonds is 2. The molecule has 3 aliphatic rings. The smallest absolute Gasteiger partial charge is 0.229 e. The van der Waals surface area contributed by atoms with Crippen molar-refractivity contribution in [1.82, 2.24) is 5.32 Å². The molecule has 7 heteroatoms. The lowest BCUT2D eigenvalue weighted by Gasteiger charge is -2.58. The van der Waals surface area contributed by atoms with Crippen LogP contribution in [0.1, 0.15) is 56.3 Å². The van der Waals surface area contributed by atoms with Crippen molar-refractivity contribution in [2.75, 3.05) is 4.90 Å². The standard InChI is InChI=1S/C19H22N2O4.H2O/c1-3-18-10-8-15(20-12(2)22)25-19(18)17(24)13-6-4-5-7-14(13)21(19)16(23)9-11-18;/h4-7,15H,3,8-11H2,1-2H3,(H,20,22);1H2/t15-,18+,19+;/m0./s1. The molecule has 2 amide bonds. The molecular weight excluding hydrogens is 336 g/mol. The summed E-state index contributed by atoms with van der Waals surface area (Å²) >= 11 is 0. The van der Waals surface area contributed by atoms with Crippen molar-refractivity contribution in [3.05, 3.63) is 29.8 Å². The lowest BCUT2D eigenvalue weighted by atomic mass is 9.63. The maximum Gasteiger partial charge on any atom is 0.229 e. The maximum absolute atomic E-state index is 13.5. The van der Waals surface area contributed by atoms with Gasteiger partial charge in [0.15, 0.2) is 0 Å². The third-order valence-electron chi connectivity index (χ3n) is 6.04. The number of piperidine rings is 1. The predicted octanol–water partition coefficient (Wildman–Crippen LogP) is 1.55. The van der Waals surface area contributed by atoms with Crippen molar-refractivity contribution in [1.29, 1.82) is 0 Å². The topological polar surface area (TPSA) is 107 Å². The van der Waals surface area contributed by atoms with Crippen LogP contribution >= 0.6 is 0 Å². The first-order valence-electron chi connectivity index (χ1n) is 8.87. The van der Waals surface area contributed by atoms with Gasteiger partial charge in [-0.3, -0.25) is 19.3 Å². The Hall–Kier alpha value is -2.25. The zero-order valence-electron chi connectivity index (χ0n) is 15.0. The number of fused-ring (bicyclic) bond motifs is 2. The molecule has 26 heavy (non-hydrogen) atoms. The Morgan fingerprint density at radius 1 is 1.31 bits per heavy atom. The van der Waals surface area contributed by atoms with E-state index >= 15 is 0 Å². The van der Waals surface area contributed by atoms with Gasteiger partial charge in [0.1, 0.15) is 6.23 Å². The van der Waals surface area contributed by atoms with Crippen LogP contribution < -0.4 is 10.2 Å². The molecule has 0 radical (unpaired) electrons. The van der Waals surface area contributed by atoms with Crippen LogP contribution in [0.15, 0.2) is 24.3 Å². The number of carbonyl (C=O) groups excluding carboxylic acids is 3. The van der Waals surface area contributed by atoms with Crippen LogP contribution in [0.25, 0.3) is 0 Å². The highest BCUT2D eigenvalue weighted by Crippen LogP contribution is 2.60. The number of benzene rings is 1. The van der Waals surface area contributed by atoms with Gasteiger partial charge < -0.3 is 15.5 Å². The van der Waals surface area contributed by atoms with E-state index in [9.17, 15) is 14.4 Å². The van der Waals surface area contributed by atoms with Crippen molar-refractivity contribution >= 4 is 23.3 Å². The molecule has 0 saturated carbocycles. The molecule has 7 nitrogen and oxygen atoms in total. The number of nitrogens with zero attached hydrogens (tertiary/aromatic N) is 1. The molecule has 1 aromatic carbocycles. The van der Waals surface area contributed by atoms with Gasteiger partial charge in [0, 0.05) is 24.3 Å². The molecule has 0 aromatic heterocycles. The van der Waals surface area contributed by atoms with E-state index in [4.69, 9.17) is 4.74 Å². The second kappa shape index (κ2) is 6.17. The Morgan fingerprint density at radius 3 is 2.73 bits per heavy atom. The number of ketones is 1. The first-order valence-corrected chi connectivity index (χ1v) is 8.87. The van der Waals surface area contributed by atoms with Gasteiger partial charge in [-0.05, 0) is 37.8 Å². The lowest BCUT2D eigenvalue weighted by Crippen LogP contribution is -2.72. The summed E-state index contributed by atoms with van der Waals surface area (Å²) < 4.78 is 6.30. The summed E-state index contributed by atoms with van der Waals surface area (Å²) in [5.41, 5.74) is -0.615. The van der Waals surface area contributed by atoms with E-state index in [-0.39, 0.29) is 23.1 Å². The molecule has 2 saturated heterocycles. The predicted molar refractivity (Wildman–Crippen MR) is 94.5 cm³/mol. The van der Waals surface area contributed by atoms with Gasteiger partial charge in [0.05, 0.1) is 5.69 Å². The Labute approximate surface area is 152 Å². The number of amides is 2. The Morgan fingerprint density at radius 2 is 2.04 bits per heavy atom. The van der Waals surface area contributed by atoms with Gasteiger partial charge in [0.2, 0.25) is 23.3 Å². The van der Waals surface area contributed by atoms with Gasteiger partial charge in [-0.1, -0.05) is 19.1 Å². The third-order valence-corrected chi connectivity index (χ3v) is 6.04. The average Bonchev–Trinajstić information content (AvgIpc) is 2.85. The van der Waals surface area contributed by atoms with Crippen molar-refractivity contribution in [3.8, 4) is 0 Å². The summed E-state index contributed by atoms with van der Waals surface area (Å²) in [6.07, 6.45) is 2.59. The second-order valence-corrected chi connectivity index (χ2v) is 7.20. The fourth-order valence-corrected chi connectivity index (χ4v) is 4.85. The van der Waals surface area contributed by atoms with E-state index in [1.54, 1.807) is 23.1 Å². The number of Topliss-reactive ketones (excluding diaryl/α,β-unsaturated/α-hetero) is 1. The summed E-state index contributed by atoms with van der Waals surface area (Å²) in [7, 11) is 0. The fraction of sp³-hybridized carbons (Fsp3) is 0.526. The number of anilines is 1. The van der Waals surface area contributed by atoms with Crippen LogP contribution in [0.5, 0.6) is 0 Å². The fourth-order valence-electron chi connectivity index (χ4n) is 4.85. The summed E-state index contributed by atoms with van der Waals surface area (Å²) in [5.74, 6) is -0.457. The molecular formula is C19H24N2O5. The van der Waals surface area contributed by atoms with E-state index in [2.05, 4.69) is 5.32 Å². The first kappa shape index (κ1) is 18.5. The highest BCUT2D eigenvalue weighted by molar-refractivity contribution is 6.20. The molecule has 0 aliphatic carbocycles. The van der Waals surface area contributed by atoms with E-state index < -0.39 is 17.4 Å². The summed E-state index contributed by atoms with van der Waals surface area (Å²) in [4.78, 5) is 39.4. The van der Waals surface area contributed by atoms with Gasteiger partial charge in [-0.25, -0.2) is 0 Å². The summed E-state index contributed by atoms with van der Waals surface area (Å²) in [5, 5.41) is 2.77. The average molecular weight is 360 g/mol. The minimum absolute atomic E-state index is 0. The van der Waals surface area contributed by atoms with Crippen LogP contribution in [0.3, 0.4) is 0 Å². The van der Waals surface area contributed by atoms with Crippen LogP contribution in [-0.4, -0.2) is 35.0 Å². The molecule has 4 rings (SSSR count). The van der Waals surface area contributed by atoms with Crippen LogP contribution in [0, 0.1) is 5.41 Å². The van der Waals surface area contributed by atoms with E-state index in [1.165, 1.54) is 6.92 Å². The molecule has 0 unspecified atom stereocenters. The monoisotopic (exact) mass is 360 g/mol. The molecule has 3 atom stereocenters. The number of ether oxygens (including phenoxy) is 1. The van der Waals surface area contributed by atoms with Crippen molar-refractivity contribution < 1.29 is 24.6 Å². The molecule has 140 valence electrons. The van der Waals surface area contributed by atoms with Gasteiger partial charge in [-0.15, -0.1) is 0 Å². The van der Waals surface area contributed by atoms with Crippen molar-refractivity contribution in [2.45, 2.75) is 57.9 Å². The zero-order valence-corrected chi connectivity index (χ0v) is 15.0. The highest BCUT2D eigenvalue weighted by atomic mass is 16.6. The molecule has 1 aromatic rings. The number of carbonyl (C=O) groups is 3. The quantitative estimate of drug-likeness (QED) is 0.863. The molecule has 3 N–H and O–H groups in total. The Kier molecular flexibility index (Phi) is 4.40. The first-order chi connectivity index (χ1) is 11.9. The normalized spacial score (nSPS) is 32.2. The number of nitrogens with one attached hydrogen (secondary N) is 1. The van der Waals surface area contributed by atoms with Crippen LogP contribution in [0.4, 0.5) is 5.69 Å². The largest absolute Gasteiger partial charge is 0.412 e. The Bertz CT molecular complexity index is 779. The number of hydrogen-bond acceptors (Lipinski definition) is 4. The minimum Gasteiger partial charge on any atom is -0.412 e.